The molecule has 0 atom stereocenters. The van der Waals surface area contributed by atoms with Crippen molar-refractivity contribution in [2.45, 2.75) is 19.8 Å². The summed E-state index contributed by atoms with van der Waals surface area (Å²) in [5, 5.41) is 13.4. The lowest BCUT2D eigenvalue weighted by molar-refractivity contribution is -0.384. The summed E-state index contributed by atoms with van der Waals surface area (Å²) in [5.41, 5.74) is 6.33. The maximum atomic E-state index is 11.8. The SMILES string of the molecule is Cc1ccc([N+](=O)[O-])cc1C(=O)NCCCCN.Cl. The van der Waals surface area contributed by atoms with Gasteiger partial charge in [0.25, 0.3) is 11.6 Å². The molecule has 0 radical (unpaired) electrons. The van der Waals surface area contributed by atoms with Crippen LogP contribution in [0.3, 0.4) is 0 Å². The Labute approximate surface area is 117 Å². The molecule has 1 rings (SSSR count). The van der Waals surface area contributed by atoms with Gasteiger partial charge < -0.3 is 11.1 Å². The molecule has 7 heteroatoms. The monoisotopic (exact) mass is 287 g/mol. The Morgan fingerprint density at radius 3 is 2.68 bits per heavy atom. The zero-order valence-corrected chi connectivity index (χ0v) is 11.5. The van der Waals surface area contributed by atoms with Crippen molar-refractivity contribution in [2.75, 3.05) is 13.1 Å². The van der Waals surface area contributed by atoms with Gasteiger partial charge in [0.15, 0.2) is 0 Å². The lowest BCUT2D eigenvalue weighted by Gasteiger charge is -2.07. The van der Waals surface area contributed by atoms with Crippen molar-refractivity contribution in [3.63, 3.8) is 0 Å². The highest BCUT2D eigenvalue weighted by Crippen LogP contribution is 2.17. The fourth-order valence-corrected chi connectivity index (χ4v) is 1.53. The molecule has 0 saturated carbocycles. The van der Waals surface area contributed by atoms with Gasteiger partial charge in [0, 0.05) is 24.2 Å². The number of nitro groups is 1. The number of non-ortho nitro benzene ring substituents is 1. The Morgan fingerprint density at radius 1 is 1.42 bits per heavy atom. The number of benzene rings is 1. The molecule has 0 aliphatic rings. The molecule has 106 valence electrons. The second-order valence-electron chi connectivity index (χ2n) is 4.01. The number of unbranched alkanes of at least 4 members (excludes halogenated alkanes) is 1. The van der Waals surface area contributed by atoms with Crippen molar-refractivity contribution >= 4 is 24.0 Å². The molecule has 0 saturated heterocycles. The van der Waals surface area contributed by atoms with Gasteiger partial charge >= 0.3 is 0 Å². The second kappa shape index (κ2) is 8.44. The predicted molar refractivity (Wildman–Crippen MR) is 75.7 cm³/mol. The zero-order chi connectivity index (χ0) is 13.5. The quantitative estimate of drug-likeness (QED) is 0.473. The topological polar surface area (TPSA) is 98.3 Å². The van der Waals surface area contributed by atoms with Gasteiger partial charge in [-0.2, -0.15) is 0 Å². The molecular formula is C12H18ClN3O3. The van der Waals surface area contributed by atoms with E-state index in [9.17, 15) is 14.9 Å². The standard InChI is InChI=1S/C12H17N3O3.ClH/c1-9-4-5-10(15(17)18)8-11(9)12(16)14-7-3-2-6-13;/h4-5,8H,2-3,6-7,13H2,1H3,(H,14,16);1H. The third kappa shape index (κ3) is 5.23. The van der Waals surface area contributed by atoms with E-state index >= 15 is 0 Å². The van der Waals surface area contributed by atoms with E-state index < -0.39 is 4.92 Å². The second-order valence-corrected chi connectivity index (χ2v) is 4.01. The molecule has 19 heavy (non-hydrogen) atoms. The minimum atomic E-state index is -0.509. The van der Waals surface area contributed by atoms with Crippen LogP contribution >= 0.6 is 12.4 Å². The number of nitrogens with two attached hydrogens (primary N) is 1. The van der Waals surface area contributed by atoms with Crippen LogP contribution in [0, 0.1) is 17.0 Å². The summed E-state index contributed by atoms with van der Waals surface area (Å²) in [4.78, 5) is 22.0. The minimum absolute atomic E-state index is 0. The summed E-state index contributed by atoms with van der Waals surface area (Å²) in [6.07, 6.45) is 1.64. The first kappa shape index (κ1) is 17.3. The molecule has 0 aliphatic heterocycles. The molecule has 0 heterocycles. The van der Waals surface area contributed by atoms with E-state index in [-0.39, 0.29) is 24.0 Å². The molecular weight excluding hydrogens is 270 g/mol. The minimum Gasteiger partial charge on any atom is -0.352 e. The van der Waals surface area contributed by atoms with E-state index in [2.05, 4.69) is 5.32 Å². The lowest BCUT2D eigenvalue weighted by Crippen LogP contribution is -2.25. The van der Waals surface area contributed by atoms with Crippen molar-refractivity contribution in [1.29, 1.82) is 0 Å². The van der Waals surface area contributed by atoms with Crippen molar-refractivity contribution < 1.29 is 9.72 Å². The number of hydrogen-bond acceptors (Lipinski definition) is 4. The van der Waals surface area contributed by atoms with Gasteiger partial charge in [-0.3, -0.25) is 14.9 Å². The Balaban J connectivity index is 0.00000324. The van der Waals surface area contributed by atoms with Crippen LogP contribution in [0.4, 0.5) is 5.69 Å². The van der Waals surface area contributed by atoms with Crippen LogP contribution in [0.2, 0.25) is 0 Å². The van der Waals surface area contributed by atoms with Crippen LogP contribution < -0.4 is 11.1 Å². The maximum absolute atomic E-state index is 11.8. The number of halogens is 1. The largest absolute Gasteiger partial charge is 0.352 e. The number of nitro benzene ring substituents is 1. The van der Waals surface area contributed by atoms with Crippen LogP contribution in [-0.2, 0) is 0 Å². The third-order valence-electron chi connectivity index (χ3n) is 2.59. The smallest absolute Gasteiger partial charge is 0.270 e. The number of carbonyl (C=O) groups is 1. The van der Waals surface area contributed by atoms with Crippen LogP contribution in [0.1, 0.15) is 28.8 Å². The van der Waals surface area contributed by atoms with Crippen molar-refractivity contribution in [1.82, 2.24) is 5.32 Å². The Morgan fingerprint density at radius 2 is 2.11 bits per heavy atom. The van der Waals surface area contributed by atoms with E-state index in [4.69, 9.17) is 5.73 Å². The molecule has 0 aliphatic carbocycles. The third-order valence-corrected chi connectivity index (χ3v) is 2.59. The summed E-state index contributed by atoms with van der Waals surface area (Å²) in [5.74, 6) is -0.284. The van der Waals surface area contributed by atoms with Gasteiger partial charge in [-0.1, -0.05) is 6.07 Å². The number of rotatable bonds is 6. The van der Waals surface area contributed by atoms with E-state index in [1.807, 2.05) is 0 Å². The van der Waals surface area contributed by atoms with Crippen molar-refractivity contribution in [3.8, 4) is 0 Å². The fourth-order valence-electron chi connectivity index (χ4n) is 1.53. The Kier molecular flexibility index (Phi) is 7.71. The average molecular weight is 288 g/mol. The van der Waals surface area contributed by atoms with Crippen LogP contribution in [0.5, 0.6) is 0 Å². The molecule has 0 spiro atoms. The summed E-state index contributed by atoms with van der Waals surface area (Å²) in [6, 6.07) is 4.26. The maximum Gasteiger partial charge on any atom is 0.270 e. The highest BCUT2D eigenvalue weighted by Gasteiger charge is 2.13. The highest BCUT2D eigenvalue weighted by atomic mass is 35.5. The van der Waals surface area contributed by atoms with Gasteiger partial charge in [0.1, 0.15) is 0 Å². The summed E-state index contributed by atoms with van der Waals surface area (Å²) in [7, 11) is 0. The molecule has 1 aromatic carbocycles. The van der Waals surface area contributed by atoms with Crippen molar-refractivity contribution in [2.24, 2.45) is 5.73 Å². The number of hydrogen-bond donors (Lipinski definition) is 2. The number of aryl methyl sites for hydroxylation is 1. The van der Waals surface area contributed by atoms with Gasteiger partial charge in [0.05, 0.1) is 4.92 Å². The summed E-state index contributed by atoms with van der Waals surface area (Å²) < 4.78 is 0. The molecule has 1 aromatic rings. The predicted octanol–water partition coefficient (Wildman–Crippen LogP) is 1.79. The molecule has 3 N–H and O–H groups in total. The van der Waals surface area contributed by atoms with E-state index in [1.165, 1.54) is 12.1 Å². The zero-order valence-electron chi connectivity index (χ0n) is 10.7. The number of carbonyl (C=O) groups excluding carboxylic acids is 1. The molecule has 6 nitrogen and oxygen atoms in total. The normalized spacial score (nSPS) is 9.58. The van der Waals surface area contributed by atoms with Gasteiger partial charge in [-0.05, 0) is 31.9 Å². The fraction of sp³-hybridized carbons (Fsp3) is 0.417. The Bertz CT molecular complexity index is 452. The molecule has 1 amide bonds. The lowest BCUT2D eigenvalue weighted by atomic mass is 10.1. The first-order chi connectivity index (χ1) is 8.56. The molecule has 0 aromatic heterocycles. The van der Waals surface area contributed by atoms with Gasteiger partial charge in [-0.25, -0.2) is 0 Å². The number of amides is 1. The highest BCUT2D eigenvalue weighted by molar-refractivity contribution is 5.96. The van der Waals surface area contributed by atoms with Crippen LogP contribution in [0.15, 0.2) is 18.2 Å². The van der Waals surface area contributed by atoms with E-state index in [0.717, 1.165) is 18.4 Å². The van der Waals surface area contributed by atoms with Gasteiger partial charge in [-0.15, -0.1) is 12.4 Å². The van der Waals surface area contributed by atoms with E-state index in [0.29, 0.717) is 18.7 Å². The van der Waals surface area contributed by atoms with Gasteiger partial charge in [0.2, 0.25) is 0 Å². The van der Waals surface area contributed by atoms with E-state index in [1.54, 1.807) is 13.0 Å². The summed E-state index contributed by atoms with van der Waals surface area (Å²) in [6.45, 7) is 2.86. The Hall–Kier alpha value is -1.66. The number of nitrogens with zero attached hydrogens (tertiary/aromatic N) is 1. The molecule has 0 unspecified atom stereocenters. The average Bonchev–Trinajstić information content (AvgIpc) is 2.34. The van der Waals surface area contributed by atoms with Crippen LogP contribution in [-0.4, -0.2) is 23.9 Å². The first-order valence-electron chi connectivity index (χ1n) is 5.79. The summed E-state index contributed by atoms with van der Waals surface area (Å²) >= 11 is 0. The van der Waals surface area contributed by atoms with Crippen molar-refractivity contribution in [3.05, 3.63) is 39.4 Å². The molecule has 0 bridgehead atoms. The molecule has 0 fully saturated rings. The van der Waals surface area contributed by atoms with Crippen LogP contribution in [0.25, 0.3) is 0 Å². The number of nitrogens with one attached hydrogen (secondary N) is 1. The first-order valence-corrected chi connectivity index (χ1v) is 5.79.